The summed E-state index contributed by atoms with van der Waals surface area (Å²) in [4.78, 5) is 12.9. The zero-order chi connectivity index (χ0) is 22.5. The molecule has 0 fully saturated rings. The Balaban J connectivity index is 1.31. The number of nitrogens with one attached hydrogen (secondary N) is 1. The molecule has 33 heavy (non-hydrogen) atoms. The summed E-state index contributed by atoms with van der Waals surface area (Å²) < 4.78 is 5.80. The summed E-state index contributed by atoms with van der Waals surface area (Å²) in [7, 11) is 0. The lowest BCUT2D eigenvalue weighted by molar-refractivity contribution is 0.102. The van der Waals surface area contributed by atoms with Crippen LogP contribution in [0.1, 0.15) is 21.5 Å². The average molecular weight is 431 g/mol. The van der Waals surface area contributed by atoms with Gasteiger partial charge in [-0.2, -0.15) is 0 Å². The highest BCUT2D eigenvalue weighted by Crippen LogP contribution is 2.25. The summed E-state index contributed by atoms with van der Waals surface area (Å²) in [5.74, 6) is 0.703. The number of carbonyl (C=O) groups excluding carboxylic acids is 1. The van der Waals surface area contributed by atoms with Crippen LogP contribution in [0.25, 0.3) is 22.9 Å². The molecular formula is C28H21N3O2. The first-order valence-corrected chi connectivity index (χ1v) is 10.7. The zero-order valence-electron chi connectivity index (χ0n) is 17.8. The Morgan fingerprint density at radius 1 is 0.667 bits per heavy atom. The highest BCUT2D eigenvalue weighted by atomic mass is 16.4. The lowest BCUT2D eigenvalue weighted by atomic mass is 10.0. The van der Waals surface area contributed by atoms with Gasteiger partial charge in [0.1, 0.15) is 0 Å². The Bertz CT molecular complexity index is 1360. The predicted molar refractivity (Wildman–Crippen MR) is 129 cm³/mol. The van der Waals surface area contributed by atoms with Crippen LogP contribution in [0, 0.1) is 0 Å². The van der Waals surface area contributed by atoms with Gasteiger partial charge in [0.15, 0.2) is 0 Å². The lowest BCUT2D eigenvalue weighted by Crippen LogP contribution is -2.13. The Labute approximate surface area is 191 Å². The minimum Gasteiger partial charge on any atom is -0.416 e. The zero-order valence-corrected chi connectivity index (χ0v) is 17.8. The molecule has 1 N–H and O–H groups in total. The number of aromatic nitrogens is 2. The molecule has 160 valence electrons. The molecule has 0 bridgehead atoms. The van der Waals surface area contributed by atoms with Gasteiger partial charge in [-0.25, -0.2) is 0 Å². The van der Waals surface area contributed by atoms with Crippen molar-refractivity contribution in [3.05, 3.63) is 126 Å². The molecule has 0 saturated heterocycles. The molecule has 1 amide bonds. The van der Waals surface area contributed by atoms with Crippen molar-refractivity contribution in [1.82, 2.24) is 10.2 Å². The van der Waals surface area contributed by atoms with E-state index in [1.165, 1.54) is 5.56 Å². The molecule has 0 aliphatic carbocycles. The van der Waals surface area contributed by atoms with Gasteiger partial charge in [-0.3, -0.25) is 4.79 Å². The van der Waals surface area contributed by atoms with Gasteiger partial charge in [0.05, 0.1) is 0 Å². The highest BCUT2D eigenvalue weighted by Gasteiger charge is 2.13. The SMILES string of the molecule is O=C(Nc1ccccc1Cc1ccccc1)c1ccc(-c2nnc(-c3ccccc3)o2)cc1. The van der Waals surface area contributed by atoms with Crippen LogP contribution in [0.3, 0.4) is 0 Å². The fourth-order valence-corrected chi connectivity index (χ4v) is 3.61. The van der Waals surface area contributed by atoms with Crippen molar-refractivity contribution in [2.75, 3.05) is 5.32 Å². The van der Waals surface area contributed by atoms with Gasteiger partial charge in [-0.05, 0) is 60.0 Å². The van der Waals surface area contributed by atoms with Crippen molar-refractivity contribution in [2.24, 2.45) is 0 Å². The van der Waals surface area contributed by atoms with Gasteiger partial charge in [-0.15, -0.1) is 10.2 Å². The maximum absolute atomic E-state index is 12.9. The van der Waals surface area contributed by atoms with E-state index in [9.17, 15) is 4.79 Å². The Morgan fingerprint density at radius 2 is 1.24 bits per heavy atom. The van der Waals surface area contributed by atoms with Crippen LogP contribution in [0.5, 0.6) is 0 Å². The number of rotatable bonds is 6. The molecule has 5 nitrogen and oxygen atoms in total. The van der Waals surface area contributed by atoms with Gasteiger partial charge in [0.2, 0.25) is 11.8 Å². The molecule has 0 saturated carbocycles. The second kappa shape index (κ2) is 9.32. The van der Waals surface area contributed by atoms with E-state index in [0.717, 1.165) is 28.8 Å². The number of carbonyl (C=O) groups is 1. The number of benzene rings is 4. The van der Waals surface area contributed by atoms with E-state index < -0.39 is 0 Å². The monoisotopic (exact) mass is 431 g/mol. The molecular weight excluding hydrogens is 410 g/mol. The van der Waals surface area contributed by atoms with E-state index in [4.69, 9.17) is 4.42 Å². The number of hydrogen-bond acceptors (Lipinski definition) is 4. The molecule has 5 heteroatoms. The molecule has 0 spiro atoms. The normalized spacial score (nSPS) is 10.7. The average Bonchev–Trinajstić information content (AvgIpc) is 3.37. The Hall–Kier alpha value is -4.51. The standard InChI is InChI=1S/C28H21N3O2/c32-26(29-25-14-8-7-13-24(25)19-20-9-3-1-4-10-20)21-15-17-23(18-16-21)28-31-30-27(33-28)22-11-5-2-6-12-22/h1-18H,19H2,(H,29,32). The van der Waals surface area contributed by atoms with Gasteiger partial charge in [-0.1, -0.05) is 66.7 Å². The Kier molecular flexibility index (Phi) is 5.76. The third kappa shape index (κ3) is 4.72. The van der Waals surface area contributed by atoms with E-state index in [1.807, 2.05) is 84.9 Å². The smallest absolute Gasteiger partial charge is 0.255 e. The third-order valence-electron chi connectivity index (χ3n) is 5.34. The molecule has 1 heterocycles. The number of anilines is 1. The molecule has 0 atom stereocenters. The van der Waals surface area contributed by atoms with E-state index in [-0.39, 0.29) is 5.91 Å². The second-order valence-electron chi connectivity index (χ2n) is 7.63. The van der Waals surface area contributed by atoms with Crippen LogP contribution >= 0.6 is 0 Å². The van der Waals surface area contributed by atoms with Crippen LogP contribution in [0.2, 0.25) is 0 Å². The number of nitrogens with zero attached hydrogens (tertiary/aromatic N) is 2. The van der Waals surface area contributed by atoms with Crippen LogP contribution in [-0.2, 0) is 6.42 Å². The predicted octanol–water partition coefficient (Wildman–Crippen LogP) is 6.25. The second-order valence-corrected chi connectivity index (χ2v) is 7.63. The first-order chi connectivity index (χ1) is 16.3. The topological polar surface area (TPSA) is 68.0 Å². The summed E-state index contributed by atoms with van der Waals surface area (Å²) in [5, 5.41) is 11.3. The van der Waals surface area contributed by atoms with Crippen molar-refractivity contribution in [3.8, 4) is 22.9 Å². The van der Waals surface area contributed by atoms with E-state index in [0.29, 0.717) is 17.3 Å². The third-order valence-corrected chi connectivity index (χ3v) is 5.34. The molecule has 0 aliphatic heterocycles. The number of hydrogen-bond donors (Lipinski definition) is 1. The first kappa shape index (κ1) is 20.4. The molecule has 5 rings (SSSR count). The largest absolute Gasteiger partial charge is 0.416 e. The van der Waals surface area contributed by atoms with Crippen molar-refractivity contribution >= 4 is 11.6 Å². The van der Waals surface area contributed by atoms with Gasteiger partial charge in [0.25, 0.3) is 5.91 Å². The minimum absolute atomic E-state index is 0.169. The fraction of sp³-hybridized carbons (Fsp3) is 0.0357. The summed E-state index contributed by atoms with van der Waals surface area (Å²) in [6.07, 6.45) is 0.747. The summed E-state index contributed by atoms with van der Waals surface area (Å²) in [5.41, 5.74) is 5.23. The number of amides is 1. The van der Waals surface area contributed by atoms with Crippen LogP contribution in [-0.4, -0.2) is 16.1 Å². The van der Waals surface area contributed by atoms with Crippen molar-refractivity contribution in [1.29, 1.82) is 0 Å². The maximum atomic E-state index is 12.9. The molecule has 4 aromatic carbocycles. The molecule has 0 unspecified atom stereocenters. The van der Waals surface area contributed by atoms with Gasteiger partial charge >= 0.3 is 0 Å². The first-order valence-electron chi connectivity index (χ1n) is 10.7. The van der Waals surface area contributed by atoms with Crippen molar-refractivity contribution < 1.29 is 9.21 Å². The van der Waals surface area contributed by atoms with Gasteiger partial charge in [0, 0.05) is 22.4 Å². The molecule has 0 aliphatic rings. The maximum Gasteiger partial charge on any atom is 0.255 e. The van der Waals surface area contributed by atoms with Crippen LogP contribution in [0.15, 0.2) is 114 Å². The lowest BCUT2D eigenvalue weighted by Gasteiger charge is -2.11. The van der Waals surface area contributed by atoms with Crippen LogP contribution in [0.4, 0.5) is 5.69 Å². The minimum atomic E-state index is -0.169. The van der Waals surface area contributed by atoms with E-state index in [1.54, 1.807) is 12.1 Å². The summed E-state index contributed by atoms with van der Waals surface area (Å²) in [6.45, 7) is 0. The highest BCUT2D eigenvalue weighted by molar-refractivity contribution is 6.04. The fourth-order valence-electron chi connectivity index (χ4n) is 3.61. The van der Waals surface area contributed by atoms with Crippen molar-refractivity contribution in [2.45, 2.75) is 6.42 Å². The summed E-state index contributed by atoms with van der Waals surface area (Å²) >= 11 is 0. The van der Waals surface area contributed by atoms with Crippen LogP contribution < -0.4 is 5.32 Å². The summed E-state index contributed by atoms with van der Waals surface area (Å²) in [6, 6.07) is 34.8. The molecule has 1 aromatic heterocycles. The van der Waals surface area contributed by atoms with Gasteiger partial charge < -0.3 is 9.73 Å². The van der Waals surface area contributed by atoms with E-state index >= 15 is 0 Å². The number of para-hydroxylation sites is 1. The van der Waals surface area contributed by atoms with E-state index in [2.05, 4.69) is 27.6 Å². The molecule has 5 aromatic rings. The van der Waals surface area contributed by atoms with Crippen molar-refractivity contribution in [3.63, 3.8) is 0 Å². The quantitative estimate of drug-likeness (QED) is 0.345. The molecule has 0 radical (unpaired) electrons. The Morgan fingerprint density at radius 3 is 1.94 bits per heavy atom.